The SMILES string of the molecule is O=C(c1cccc(NCc2cnc3ccccc3c2)c1)N1CCCC(CO)C1. The summed E-state index contributed by atoms with van der Waals surface area (Å²) < 4.78 is 0. The van der Waals surface area contributed by atoms with Crippen molar-refractivity contribution in [1.82, 2.24) is 9.88 Å². The van der Waals surface area contributed by atoms with Crippen LogP contribution in [0.5, 0.6) is 0 Å². The number of amides is 1. The Hall–Kier alpha value is -2.92. The zero-order chi connectivity index (χ0) is 19.3. The fourth-order valence-electron chi connectivity index (χ4n) is 3.76. The Morgan fingerprint density at radius 1 is 1.18 bits per heavy atom. The smallest absolute Gasteiger partial charge is 0.253 e. The fourth-order valence-corrected chi connectivity index (χ4v) is 3.76. The number of carbonyl (C=O) groups excluding carboxylic acids is 1. The Kier molecular flexibility index (Phi) is 5.53. The van der Waals surface area contributed by atoms with E-state index in [9.17, 15) is 9.90 Å². The first-order valence-corrected chi connectivity index (χ1v) is 9.80. The van der Waals surface area contributed by atoms with E-state index in [1.807, 2.05) is 53.6 Å². The Morgan fingerprint density at radius 3 is 2.96 bits per heavy atom. The molecule has 2 N–H and O–H groups in total. The number of carbonyl (C=O) groups is 1. The topological polar surface area (TPSA) is 65.5 Å². The van der Waals surface area contributed by atoms with Crippen LogP contribution in [-0.2, 0) is 6.54 Å². The molecule has 0 bridgehead atoms. The van der Waals surface area contributed by atoms with Crippen molar-refractivity contribution in [3.8, 4) is 0 Å². The number of nitrogens with zero attached hydrogens (tertiary/aromatic N) is 2. The number of aromatic nitrogens is 1. The molecule has 144 valence electrons. The van der Waals surface area contributed by atoms with Crippen molar-refractivity contribution in [3.63, 3.8) is 0 Å². The van der Waals surface area contributed by atoms with Crippen LogP contribution in [0.1, 0.15) is 28.8 Å². The molecule has 2 aromatic carbocycles. The Balaban J connectivity index is 1.43. The standard InChI is InChI=1S/C23H25N3O2/c27-16-17-5-4-10-26(15-17)23(28)20-7-3-8-21(12-20)24-13-18-11-19-6-1-2-9-22(19)25-14-18/h1-3,6-9,11-12,14,17,24,27H,4-5,10,13,15-16H2. The van der Waals surface area contributed by atoms with Gasteiger partial charge in [0.25, 0.3) is 5.91 Å². The molecule has 2 heterocycles. The van der Waals surface area contributed by atoms with Crippen molar-refractivity contribution in [1.29, 1.82) is 0 Å². The van der Waals surface area contributed by atoms with Crippen molar-refractivity contribution in [3.05, 3.63) is 71.9 Å². The van der Waals surface area contributed by atoms with Gasteiger partial charge in [-0.15, -0.1) is 0 Å². The van der Waals surface area contributed by atoms with Crippen LogP contribution in [0.3, 0.4) is 0 Å². The second-order valence-corrected chi connectivity index (χ2v) is 7.41. The van der Waals surface area contributed by atoms with Gasteiger partial charge in [-0.05, 0) is 54.7 Å². The van der Waals surface area contributed by atoms with Gasteiger partial charge in [0.05, 0.1) is 5.52 Å². The minimum Gasteiger partial charge on any atom is -0.396 e. The molecule has 1 saturated heterocycles. The number of benzene rings is 2. The lowest BCUT2D eigenvalue weighted by molar-refractivity contribution is 0.0621. The molecule has 0 radical (unpaired) electrons. The van der Waals surface area contributed by atoms with E-state index < -0.39 is 0 Å². The van der Waals surface area contributed by atoms with Crippen molar-refractivity contribution in [2.45, 2.75) is 19.4 Å². The van der Waals surface area contributed by atoms with E-state index in [0.717, 1.165) is 41.5 Å². The molecule has 3 aromatic rings. The van der Waals surface area contributed by atoms with Gasteiger partial charge in [0.15, 0.2) is 0 Å². The van der Waals surface area contributed by atoms with Crippen LogP contribution in [0, 0.1) is 5.92 Å². The predicted molar refractivity (Wildman–Crippen MR) is 111 cm³/mol. The van der Waals surface area contributed by atoms with E-state index in [-0.39, 0.29) is 18.4 Å². The highest BCUT2D eigenvalue weighted by molar-refractivity contribution is 5.95. The molecule has 28 heavy (non-hydrogen) atoms. The third-order valence-electron chi connectivity index (χ3n) is 5.32. The molecule has 1 aliphatic rings. The van der Waals surface area contributed by atoms with Crippen molar-refractivity contribution in [2.24, 2.45) is 5.92 Å². The summed E-state index contributed by atoms with van der Waals surface area (Å²) >= 11 is 0. The van der Waals surface area contributed by atoms with Crippen molar-refractivity contribution in [2.75, 3.05) is 25.0 Å². The number of fused-ring (bicyclic) bond motifs is 1. The van der Waals surface area contributed by atoms with Crippen LogP contribution >= 0.6 is 0 Å². The van der Waals surface area contributed by atoms with E-state index in [0.29, 0.717) is 18.7 Å². The fraction of sp³-hybridized carbons (Fsp3) is 0.304. The molecule has 1 amide bonds. The van der Waals surface area contributed by atoms with E-state index >= 15 is 0 Å². The second-order valence-electron chi connectivity index (χ2n) is 7.41. The summed E-state index contributed by atoms with van der Waals surface area (Å²) in [6.45, 7) is 2.18. The number of hydrogen-bond donors (Lipinski definition) is 2. The molecule has 1 unspecified atom stereocenters. The highest BCUT2D eigenvalue weighted by Gasteiger charge is 2.24. The number of aliphatic hydroxyl groups is 1. The number of aliphatic hydroxyl groups excluding tert-OH is 1. The van der Waals surface area contributed by atoms with E-state index in [1.54, 1.807) is 0 Å². The molecule has 5 nitrogen and oxygen atoms in total. The van der Waals surface area contributed by atoms with Crippen LogP contribution in [0.15, 0.2) is 60.8 Å². The predicted octanol–water partition coefficient (Wildman–Crippen LogP) is 3.69. The first-order valence-electron chi connectivity index (χ1n) is 9.80. The lowest BCUT2D eigenvalue weighted by Crippen LogP contribution is -2.40. The van der Waals surface area contributed by atoms with Gasteiger partial charge in [-0.2, -0.15) is 0 Å². The van der Waals surface area contributed by atoms with Crippen molar-refractivity contribution >= 4 is 22.5 Å². The monoisotopic (exact) mass is 375 g/mol. The maximum atomic E-state index is 12.8. The van der Waals surface area contributed by atoms with Gasteiger partial charge in [-0.25, -0.2) is 0 Å². The number of likely N-dealkylation sites (tertiary alicyclic amines) is 1. The van der Waals surface area contributed by atoms with Crippen LogP contribution < -0.4 is 5.32 Å². The van der Waals surface area contributed by atoms with Crippen LogP contribution in [0.2, 0.25) is 0 Å². The summed E-state index contributed by atoms with van der Waals surface area (Å²) in [5.41, 5.74) is 3.67. The quantitative estimate of drug-likeness (QED) is 0.714. The van der Waals surface area contributed by atoms with Crippen LogP contribution in [0.4, 0.5) is 5.69 Å². The first-order chi connectivity index (χ1) is 13.7. The molecule has 5 heteroatoms. The summed E-state index contributed by atoms with van der Waals surface area (Å²) in [5, 5.41) is 13.9. The summed E-state index contributed by atoms with van der Waals surface area (Å²) in [5.74, 6) is 0.230. The van der Waals surface area contributed by atoms with E-state index in [2.05, 4.69) is 22.4 Å². The molecular weight excluding hydrogens is 350 g/mol. The molecular formula is C23H25N3O2. The van der Waals surface area contributed by atoms with Crippen molar-refractivity contribution < 1.29 is 9.90 Å². The number of anilines is 1. The Bertz CT molecular complexity index is 973. The molecule has 0 saturated carbocycles. The zero-order valence-corrected chi connectivity index (χ0v) is 15.8. The van der Waals surface area contributed by atoms with Gasteiger partial charge >= 0.3 is 0 Å². The summed E-state index contributed by atoms with van der Waals surface area (Å²) in [7, 11) is 0. The number of rotatable bonds is 5. The third kappa shape index (κ3) is 4.15. The van der Waals surface area contributed by atoms with Gasteiger partial charge in [0.2, 0.25) is 0 Å². The molecule has 0 spiro atoms. The molecule has 4 rings (SSSR count). The largest absolute Gasteiger partial charge is 0.396 e. The Morgan fingerprint density at radius 2 is 2.07 bits per heavy atom. The maximum absolute atomic E-state index is 12.8. The lowest BCUT2D eigenvalue weighted by atomic mass is 9.98. The van der Waals surface area contributed by atoms with Crippen LogP contribution in [0.25, 0.3) is 10.9 Å². The highest BCUT2D eigenvalue weighted by atomic mass is 16.3. The second kappa shape index (κ2) is 8.40. The minimum atomic E-state index is 0.0363. The molecule has 1 atom stereocenters. The normalized spacial score (nSPS) is 16.9. The summed E-state index contributed by atoms with van der Waals surface area (Å²) in [4.78, 5) is 19.2. The minimum absolute atomic E-state index is 0.0363. The number of piperidine rings is 1. The maximum Gasteiger partial charge on any atom is 0.253 e. The summed E-state index contributed by atoms with van der Waals surface area (Å²) in [6, 6.07) is 17.8. The molecule has 1 aromatic heterocycles. The van der Waals surface area contributed by atoms with E-state index in [4.69, 9.17) is 0 Å². The van der Waals surface area contributed by atoms with Gasteiger partial charge in [-0.3, -0.25) is 9.78 Å². The van der Waals surface area contributed by atoms with E-state index in [1.165, 1.54) is 0 Å². The number of hydrogen-bond acceptors (Lipinski definition) is 4. The number of nitrogens with one attached hydrogen (secondary N) is 1. The van der Waals surface area contributed by atoms with Gasteiger partial charge in [0.1, 0.15) is 0 Å². The third-order valence-corrected chi connectivity index (χ3v) is 5.32. The first kappa shape index (κ1) is 18.4. The average molecular weight is 375 g/mol. The highest BCUT2D eigenvalue weighted by Crippen LogP contribution is 2.20. The lowest BCUT2D eigenvalue weighted by Gasteiger charge is -2.32. The Labute approximate surface area is 165 Å². The van der Waals surface area contributed by atoms with Gasteiger partial charge in [-0.1, -0.05) is 24.3 Å². The molecule has 0 aliphatic carbocycles. The van der Waals surface area contributed by atoms with Gasteiger partial charge < -0.3 is 15.3 Å². The average Bonchev–Trinajstić information content (AvgIpc) is 2.77. The zero-order valence-electron chi connectivity index (χ0n) is 15.8. The molecule has 1 fully saturated rings. The number of para-hydroxylation sites is 1. The molecule has 1 aliphatic heterocycles. The summed E-state index contributed by atoms with van der Waals surface area (Å²) in [6.07, 6.45) is 3.82. The van der Waals surface area contributed by atoms with Crippen LogP contribution in [-0.4, -0.2) is 40.6 Å². The van der Waals surface area contributed by atoms with Gasteiger partial charge in [0, 0.05) is 49.1 Å². The number of pyridine rings is 1.